The zero-order valence-electron chi connectivity index (χ0n) is 9.88. The molecule has 0 fully saturated rings. The molecule has 0 radical (unpaired) electrons. The van der Waals surface area contributed by atoms with Crippen LogP contribution in [0.5, 0.6) is 0 Å². The van der Waals surface area contributed by atoms with Gasteiger partial charge in [0.2, 0.25) is 0 Å². The summed E-state index contributed by atoms with van der Waals surface area (Å²) >= 11 is 0. The Hall–Kier alpha value is -1.43. The van der Waals surface area contributed by atoms with E-state index in [4.69, 9.17) is 19.3 Å². The fraction of sp³-hybridized carbons (Fsp3) is 0.417. The van der Waals surface area contributed by atoms with Crippen LogP contribution in [0.4, 0.5) is 0 Å². The van der Waals surface area contributed by atoms with E-state index in [1.54, 1.807) is 24.3 Å². The summed E-state index contributed by atoms with van der Waals surface area (Å²) in [6.45, 7) is -0.182. The Balaban J connectivity index is 2.70. The average Bonchev–Trinajstić information content (AvgIpc) is 2.38. The third-order valence-electron chi connectivity index (χ3n) is 2.17. The van der Waals surface area contributed by atoms with Gasteiger partial charge in [0.15, 0.2) is 6.29 Å². The maximum atomic E-state index is 11.4. The first-order valence-electron chi connectivity index (χ1n) is 5.16. The Labute approximate surface area is 99.9 Å². The van der Waals surface area contributed by atoms with E-state index in [0.29, 0.717) is 5.56 Å². The topological polar surface area (TPSA) is 65.0 Å². The van der Waals surface area contributed by atoms with Crippen molar-refractivity contribution in [3.05, 3.63) is 35.4 Å². The predicted molar refractivity (Wildman–Crippen MR) is 60.6 cm³/mol. The van der Waals surface area contributed by atoms with E-state index in [1.165, 1.54) is 14.2 Å². The highest BCUT2D eigenvalue weighted by atomic mass is 16.7. The standard InChI is InChI=1S/C12H16O5/c1-15-12(16-2)10-5-3-9(4-6-10)11(14)17-8-7-13/h3-6,12-13H,7-8H2,1-2H3. The molecule has 0 saturated carbocycles. The number of methoxy groups -OCH3 is 2. The molecule has 0 spiro atoms. The normalized spacial score (nSPS) is 10.6. The molecule has 1 rings (SSSR count). The molecule has 0 heterocycles. The van der Waals surface area contributed by atoms with Crippen LogP contribution in [0.2, 0.25) is 0 Å². The van der Waals surface area contributed by atoms with E-state index in [9.17, 15) is 4.79 Å². The maximum absolute atomic E-state index is 11.4. The van der Waals surface area contributed by atoms with Gasteiger partial charge in [0, 0.05) is 19.8 Å². The van der Waals surface area contributed by atoms with Gasteiger partial charge in [0.1, 0.15) is 6.61 Å². The van der Waals surface area contributed by atoms with Gasteiger partial charge in [-0.15, -0.1) is 0 Å². The molecule has 0 aliphatic carbocycles. The van der Waals surface area contributed by atoms with Crippen molar-refractivity contribution in [1.82, 2.24) is 0 Å². The molecule has 5 heteroatoms. The van der Waals surface area contributed by atoms with Crippen LogP contribution in [0, 0.1) is 0 Å². The molecule has 0 aliphatic rings. The summed E-state index contributed by atoms with van der Waals surface area (Å²) in [5.74, 6) is -0.461. The number of aliphatic hydroxyl groups excluding tert-OH is 1. The number of ether oxygens (including phenoxy) is 3. The summed E-state index contributed by atoms with van der Waals surface area (Å²) in [5.41, 5.74) is 1.24. The molecule has 0 bridgehead atoms. The lowest BCUT2D eigenvalue weighted by Crippen LogP contribution is -2.09. The molecular weight excluding hydrogens is 224 g/mol. The highest BCUT2D eigenvalue weighted by molar-refractivity contribution is 5.89. The van der Waals surface area contributed by atoms with Crippen LogP contribution in [0.3, 0.4) is 0 Å². The highest BCUT2D eigenvalue weighted by Crippen LogP contribution is 2.17. The van der Waals surface area contributed by atoms with Gasteiger partial charge in [-0.25, -0.2) is 4.79 Å². The Morgan fingerprint density at radius 2 is 1.82 bits per heavy atom. The second-order valence-electron chi connectivity index (χ2n) is 3.28. The number of esters is 1. The van der Waals surface area contributed by atoms with Gasteiger partial charge in [0.25, 0.3) is 0 Å². The molecule has 1 aromatic carbocycles. The minimum Gasteiger partial charge on any atom is -0.460 e. The molecule has 5 nitrogen and oxygen atoms in total. The predicted octanol–water partition coefficient (Wildman–Crippen LogP) is 1.13. The van der Waals surface area contributed by atoms with Crippen molar-refractivity contribution in [1.29, 1.82) is 0 Å². The summed E-state index contributed by atoms with van der Waals surface area (Å²) in [6.07, 6.45) is -0.447. The van der Waals surface area contributed by atoms with Gasteiger partial charge in [-0.1, -0.05) is 12.1 Å². The van der Waals surface area contributed by atoms with Crippen molar-refractivity contribution in [2.75, 3.05) is 27.4 Å². The van der Waals surface area contributed by atoms with Gasteiger partial charge in [0.05, 0.1) is 12.2 Å². The number of rotatable bonds is 6. The van der Waals surface area contributed by atoms with Crippen LogP contribution >= 0.6 is 0 Å². The Bertz CT molecular complexity index is 342. The van der Waals surface area contributed by atoms with Crippen LogP contribution < -0.4 is 0 Å². The van der Waals surface area contributed by atoms with Crippen LogP contribution in [0.25, 0.3) is 0 Å². The zero-order chi connectivity index (χ0) is 12.7. The fourth-order valence-corrected chi connectivity index (χ4v) is 1.37. The molecule has 0 amide bonds. The van der Waals surface area contributed by atoms with Gasteiger partial charge < -0.3 is 19.3 Å². The summed E-state index contributed by atoms with van der Waals surface area (Å²) in [4.78, 5) is 11.4. The van der Waals surface area contributed by atoms with Crippen molar-refractivity contribution in [2.45, 2.75) is 6.29 Å². The number of carbonyl (C=O) groups excluding carboxylic acids is 1. The second-order valence-corrected chi connectivity index (χ2v) is 3.28. The van der Waals surface area contributed by atoms with Crippen LogP contribution in [0.1, 0.15) is 22.2 Å². The summed E-state index contributed by atoms with van der Waals surface area (Å²) in [5, 5.41) is 8.53. The SMILES string of the molecule is COC(OC)c1ccc(C(=O)OCCO)cc1. The van der Waals surface area contributed by atoms with E-state index >= 15 is 0 Å². The number of hydrogen-bond donors (Lipinski definition) is 1. The van der Waals surface area contributed by atoms with Crippen LogP contribution in [-0.2, 0) is 14.2 Å². The quantitative estimate of drug-likeness (QED) is 0.596. The van der Waals surface area contributed by atoms with E-state index < -0.39 is 12.3 Å². The lowest BCUT2D eigenvalue weighted by atomic mass is 10.1. The molecule has 1 aromatic rings. The van der Waals surface area contributed by atoms with E-state index in [-0.39, 0.29) is 13.2 Å². The minimum absolute atomic E-state index is 0.000643. The fourth-order valence-electron chi connectivity index (χ4n) is 1.37. The van der Waals surface area contributed by atoms with Gasteiger partial charge in [-0.2, -0.15) is 0 Å². The largest absolute Gasteiger partial charge is 0.460 e. The molecule has 94 valence electrons. The van der Waals surface area contributed by atoms with Crippen molar-refractivity contribution >= 4 is 5.97 Å². The van der Waals surface area contributed by atoms with Gasteiger partial charge >= 0.3 is 5.97 Å². The zero-order valence-corrected chi connectivity index (χ0v) is 9.88. The van der Waals surface area contributed by atoms with E-state index in [2.05, 4.69) is 0 Å². The monoisotopic (exact) mass is 240 g/mol. The molecule has 0 unspecified atom stereocenters. The lowest BCUT2D eigenvalue weighted by Gasteiger charge is -2.13. The number of benzene rings is 1. The molecule has 0 aromatic heterocycles. The van der Waals surface area contributed by atoms with Gasteiger partial charge in [-0.05, 0) is 12.1 Å². The highest BCUT2D eigenvalue weighted by Gasteiger charge is 2.11. The number of carbonyl (C=O) groups is 1. The lowest BCUT2D eigenvalue weighted by molar-refractivity contribution is -0.106. The number of hydrogen-bond acceptors (Lipinski definition) is 5. The summed E-state index contributed by atoms with van der Waals surface area (Å²) in [7, 11) is 3.08. The van der Waals surface area contributed by atoms with Crippen molar-refractivity contribution in [2.24, 2.45) is 0 Å². The Kier molecular flexibility index (Phi) is 5.62. The molecular formula is C12H16O5. The molecule has 17 heavy (non-hydrogen) atoms. The third kappa shape index (κ3) is 3.81. The first-order valence-corrected chi connectivity index (χ1v) is 5.16. The summed E-state index contributed by atoms with van der Waals surface area (Å²) < 4.78 is 14.9. The molecule has 0 atom stereocenters. The van der Waals surface area contributed by atoms with Crippen molar-refractivity contribution in [3.8, 4) is 0 Å². The van der Waals surface area contributed by atoms with Crippen molar-refractivity contribution in [3.63, 3.8) is 0 Å². The molecule has 1 N–H and O–H groups in total. The van der Waals surface area contributed by atoms with E-state index in [1.807, 2.05) is 0 Å². The summed E-state index contributed by atoms with van der Waals surface area (Å²) in [6, 6.07) is 6.71. The minimum atomic E-state index is -0.461. The maximum Gasteiger partial charge on any atom is 0.338 e. The first kappa shape index (κ1) is 13.6. The average molecular weight is 240 g/mol. The Morgan fingerprint density at radius 1 is 1.24 bits per heavy atom. The molecule has 0 aliphatic heterocycles. The van der Waals surface area contributed by atoms with Crippen LogP contribution in [0.15, 0.2) is 24.3 Å². The van der Waals surface area contributed by atoms with Gasteiger partial charge in [-0.3, -0.25) is 0 Å². The van der Waals surface area contributed by atoms with Crippen molar-refractivity contribution < 1.29 is 24.1 Å². The number of aliphatic hydroxyl groups is 1. The second kappa shape index (κ2) is 7.01. The molecule has 0 saturated heterocycles. The van der Waals surface area contributed by atoms with Crippen LogP contribution in [-0.4, -0.2) is 38.5 Å². The third-order valence-corrected chi connectivity index (χ3v) is 2.17. The smallest absolute Gasteiger partial charge is 0.338 e. The van der Waals surface area contributed by atoms with E-state index in [0.717, 1.165) is 5.56 Å². The Morgan fingerprint density at radius 3 is 2.29 bits per heavy atom. The first-order chi connectivity index (χ1) is 8.22.